The summed E-state index contributed by atoms with van der Waals surface area (Å²) in [5.41, 5.74) is 0. The van der Waals surface area contributed by atoms with Gasteiger partial charge in [0.05, 0.1) is 19.1 Å². The molecule has 2 aliphatic rings. The highest BCUT2D eigenvalue weighted by molar-refractivity contribution is 7.87. The first kappa shape index (κ1) is 15.7. The molecule has 1 aliphatic heterocycles. The Labute approximate surface area is 119 Å². The van der Waals surface area contributed by atoms with Crippen molar-refractivity contribution in [3.05, 3.63) is 0 Å². The van der Waals surface area contributed by atoms with Crippen LogP contribution in [0.15, 0.2) is 0 Å². The molecule has 0 amide bonds. The maximum absolute atomic E-state index is 12.1. The smallest absolute Gasteiger partial charge is 0.306 e. The van der Waals surface area contributed by atoms with Crippen molar-refractivity contribution in [2.45, 2.75) is 25.7 Å². The minimum absolute atomic E-state index is 0.114. The largest absolute Gasteiger partial charge is 0.481 e. The number of hydrogen-bond donors (Lipinski definition) is 2. The van der Waals surface area contributed by atoms with E-state index in [4.69, 9.17) is 4.74 Å². The zero-order valence-electron chi connectivity index (χ0n) is 11.5. The van der Waals surface area contributed by atoms with Gasteiger partial charge in [-0.2, -0.15) is 12.7 Å². The van der Waals surface area contributed by atoms with Crippen molar-refractivity contribution in [3.63, 3.8) is 0 Å². The summed E-state index contributed by atoms with van der Waals surface area (Å²) in [7, 11) is -3.52. The lowest BCUT2D eigenvalue weighted by atomic mass is 9.79. The third-order valence-corrected chi connectivity index (χ3v) is 5.64. The van der Waals surface area contributed by atoms with Gasteiger partial charge in [-0.25, -0.2) is 4.72 Å². The number of carboxylic acid groups (broad SMARTS) is 1. The van der Waals surface area contributed by atoms with E-state index in [1.807, 2.05) is 0 Å². The topological polar surface area (TPSA) is 95.9 Å². The molecule has 116 valence electrons. The van der Waals surface area contributed by atoms with E-state index in [9.17, 15) is 18.3 Å². The molecule has 2 fully saturated rings. The van der Waals surface area contributed by atoms with E-state index in [1.54, 1.807) is 0 Å². The lowest BCUT2D eigenvalue weighted by Crippen LogP contribution is -2.48. The highest BCUT2D eigenvalue weighted by Gasteiger charge is 2.32. The summed E-state index contributed by atoms with van der Waals surface area (Å²) in [5, 5.41) is 9.18. The van der Waals surface area contributed by atoms with E-state index in [0.717, 1.165) is 19.3 Å². The standard InChI is InChI=1S/C12H22N2O5S/c15-12(16)11-4-2-1-3-10(11)9-13-20(17,18)14-5-7-19-8-6-14/h10-11,13H,1-9H2,(H,15,16). The van der Waals surface area contributed by atoms with Crippen LogP contribution in [0.3, 0.4) is 0 Å². The van der Waals surface area contributed by atoms with Crippen molar-refractivity contribution in [1.29, 1.82) is 0 Å². The third-order valence-electron chi connectivity index (χ3n) is 4.06. The fourth-order valence-electron chi connectivity index (χ4n) is 2.87. The summed E-state index contributed by atoms with van der Waals surface area (Å²) in [6, 6.07) is 0. The van der Waals surface area contributed by atoms with Crippen LogP contribution in [-0.2, 0) is 19.7 Å². The molecule has 2 unspecified atom stereocenters. The molecule has 2 rings (SSSR count). The van der Waals surface area contributed by atoms with E-state index in [2.05, 4.69) is 4.72 Å². The van der Waals surface area contributed by atoms with Gasteiger partial charge >= 0.3 is 5.97 Å². The van der Waals surface area contributed by atoms with E-state index < -0.39 is 22.1 Å². The first-order valence-electron chi connectivity index (χ1n) is 7.06. The number of hydrogen-bond acceptors (Lipinski definition) is 4. The van der Waals surface area contributed by atoms with Crippen molar-refractivity contribution in [3.8, 4) is 0 Å². The minimum Gasteiger partial charge on any atom is -0.481 e. The molecule has 2 N–H and O–H groups in total. The van der Waals surface area contributed by atoms with Crippen LogP contribution >= 0.6 is 0 Å². The number of nitrogens with zero attached hydrogens (tertiary/aromatic N) is 1. The molecule has 1 saturated heterocycles. The zero-order valence-corrected chi connectivity index (χ0v) is 12.3. The fourth-order valence-corrected chi connectivity index (χ4v) is 4.10. The zero-order chi connectivity index (χ0) is 14.6. The maximum Gasteiger partial charge on any atom is 0.306 e. The Kier molecular flexibility index (Phi) is 5.36. The highest BCUT2D eigenvalue weighted by Crippen LogP contribution is 2.29. The van der Waals surface area contributed by atoms with Crippen LogP contribution in [0.5, 0.6) is 0 Å². The molecule has 1 saturated carbocycles. The second kappa shape index (κ2) is 6.84. The summed E-state index contributed by atoms with van der Waals surface area (Å²) < 4.78 is 33.3. The van der Waals surface area contributed by atoms with Crippen LogP contribution < -0.4 is 4.72 Å². The van der Waals surface area contributed by atoms with E-state index in [0.29, 0.717) is 32.7 Å². The second-order valence-corrected chi connectivity index (χ2v) is 7.11. The van der Waals surface area contributed by atoms with Gasteiger partial charge in [0.2, 0.25) is 0 Å². The number of morpholine rings is 1. The van der Waals surface area contributed by atoms with Crippen molar-refractivity contribution < 1.29 is 23.1 Å². The van der Waals surface area contributed by atoms with Gasteiger partial charge in [-0.1, -0.05) is 12.8 Å². The van der Waals surface area contributed by atoms with Crippen LogP contribution in [0.1, 0.15) is 25.7 Å². The Bertz CT molecular complexity index is 433. The van der Waals surface area contributed by atoms with Gasteiger partial charge in [-0.3, -0.25) is 4.79 Å². The minimum atomic E-state index is -3.52. The van der Waals surface area contributed by atoms with E-state index in [-0.39, 0.29) is 12.5 Å². The predicted molar refractivity (Wildman–Crippen MR) is 72.4 cm³/mol. The summed E-state index contributed by atoms with van der Waals surface area (Å²) in [6.07, 6.45) is 3.28. The molecule has 0 bridgehead atoms. The van der Waals surface area contributed by atoms with Crippen molar-refractivity contribution >= 4 is 16.2 Å². The molecular formula is C12H22N2O5S. The lowest BCUT2D eigenvalue weighted by molar-refractivity contribution is -0.144. The Balaban J connectivity index is 1.90. The molecule has 1 aliphatic carbocycles. The molecule has 1 heterocycles. The Morgan fingerprint density at radius 3 is 2.55 bits per heavy atom. The van der Waals surface area contributed by atoms with Crippen molar-refractivity contribution in [2.75, 3.05) is 32.8 Å². The van der Waals surface area contributed by atoms with Gasteiger partial charge in [-0.05, 0) is 18.8 Å². The molecule has 0 spiro atoms. The van der Waals surface area contributed by atoms with E-state index >= 15 is 0 Å². The maximum atomic E-state index is 12.1. The predicted octanol–water partition coefficient (Wildman–Crippen LogP) is 0.0440. The van der Waals surface area contributed by atoms with Crippen molar-refractivity contribution in [1.82, 2.24) is 9.03 Å². The number of aliphatic carboxylic acids is 1. The Morgan fingerprint density at radius 1 is 1.25 bits per heavy atom. The lowest BCUT2D eigenvalue weighted by Gasteiger charge is -2.30. The van der Waals surface area contributed by atoms with Gasteiger partial charge in [-0.15, -0.1) is 0 Å². The summed E-state index contributed by atoms with van der Waals surface area (Å²) in [4.78, 5) is 11.2. The number of carbonyl (C=O) groups is 1. The summed E-state index contributed by atoms with van der Waals surface area (Å²) >= 11 is 0. The average Bonchev–Trinajstić information content (AvgIpc) is 2.46. The molecule has 0 radical (unpaired) electrons. The number of rotatable bonds is 5. The summed E-state index contributed by atoms with van der Waals surface area (Å²) in [5.74, 6) is -1.37. The fraction of sp³-hybridized carbons (Fsp3) is 0.917. The number of carboxylic acids is 1. The van der Waals surface area contributed by atoms with Gasteiger partial charge in [0.1, 0.15) is 0 Å². The third kappa shape index (κ3) is 3.91. The van der Waals surface area contributed by atoms with Crippen LogP contribution in [-0.4, -0.2) is 56.6 Å². The van der Waals surface area contributed by atoms with Crippen LogP contribution in [0, 0.1) is 11.8 Å². The molecule has 20 heavy (non-hydrogen) atoms. The molecule has 0 aromatic heterocycles. The van der Waals surface area contributed by atoms with Gasteiger partial charge < -0.3 is 9.84 Å². The highest BCUT2D eigenvalue weighted by atomic mass is 32.2. The monoisotopic (exact) mass is 306 g/mol. The molecule has 7 nitrogen and oxygen atoms in total. The Morgan fingerprint density at radius 2 is 1.90 bits per heavy atom. The summed E-state index contributed by atoms with van der Waals surface area (Å²) in [6.45, 7) is 1.71. The van der Waals surface area contributed by atoms with Gasteiger partial charge in [0.15, 0.2) is 0 Å². The normalized spacial score (nSPS) is 29.2. The van der Waals surface area contributed by atoms with Gasteiger partial charge in [0, 0.05) is 19.6 Å². The van der Waals surface area contributed by atoms with Crippen LogP contribution in [0.2, 0.25) is 0 Å². The first-order chi connectivity index (χ1) is 9.50. The molecule has 0 aromatic rings. The number of nitrogens with one attached hydrogen (secondary N) is 1. The number of ether oxygens (including phenoxy) is 1. The van der Waals surface area contributed by atoms with Crippen molar-refractivity contribution in [2.24, 2.45) is 11.8 Å². The SMILES string of the molecule is O=C(O)C1CCCCC1CNS(=O)(=O)N1CCOCC1. The van der Waals surface area contributed by atoms with Crippen LogP contribution in [0.4, 0.5) is 0 Å². The molecule has 0 aromatic carbocycles. The molecule has 2 atom stereocenters. The molecular weight excluding hydrogens is 284 g/mol. The first-order valence-corrected chi connectivity index (χ1v) is 8.50. The molecule has 8 heteroatoms. The quantitative estimate of drug-likeness (QED) is 0.748. The average molecular weight is 306 g/mol. The van der Waals surface area contributed by atoms with Gasteiger partial charge in [0.25, 0.3) is 10.2 Å². The Hall–Kier alpha value is -0.700. The second-order valence-electron chi connectivity index (χ2n) is 5.35. The van der Waals surface area contributed by atoms with E-state index in [1.165, 1.54) is 4.31 Å². The van der Waals surface area contributed by atoms with Crippen LogP contribution in [0.25, 0.3) is 0 Å².